The molecule has 2 unspecified atom stereocenters. The summed E-state index contributed by atoms with van der Waals surface area (Å²) < 4.78 is 0. The van der Waals surface area contributed by atoms with Crippen LogP contribution in [0.25, 0.3) is 0 Å². The number of imide groups is 1. The Bertz CT molecular complexity index is 288. The third-order valence-electron chi connectivity index (χ3n) is 3.58. The first-order valence-corrected chi connectivity index (χ1v) is 4.48. The van der Waals surface area contributed by atoms with Crippen molar-refractivity contribution in [3.05, 3.63) is 0 Å². The molecule has 5 nitrogen and oxygen atoms in total. The topological polar surface area (TPSA) is 92.4 Å². The number of nitrogens with one attached hydrogen (secondary N) is 1. The first-order valence-electron chi connectivity index (χ1n) is 4.48. The number of nitrogens with two attached hydrogens (primary N) is 1. The van der Waals surface area contributed by atoms with Gasteiger partial charge in [0.15, 0.2) is 0 Å². The molecule has 80 valence electrons. The Balaban J connectivity index is 2.74. The van der Waals surface area contributed by atoms with Crippen molar-refractivity contribution in [1.82, 2.24) is 5.32 Å². The quantitative estimate of drug-likeness (QED) is 0.578. The Hall–Kier alpha value is -1.10. The average Bonchev–Trinajstić information content (AvgIpc) is 2.45. The number of aliphatic hydroxyl groups excluding tert-OH is 1. The zero-order valence-corrected chi connectivity index (χ0v) is 8.63. The molecule has 14 heavy (non-hydrogen) atoms. The predicted octanol–water partition coefficient (Wildman–Crippen LogP) is -0.164. The number of amides is 3. The van der Waals surface area contributed by atoms with E-state index in [1.54, 1.807) is 0 Å². The van der Waals surface area contributed by atoms with Crippen LogP contribution in [0.3, 0.4) is 0 Å². The van der Waals surface area contributed by atoms with Crippen LogP contribution in [-0.4, -0.2) is 23.7 Å². The molecule has 0 spiro atoms. The number of primary amides is 1. The van der Waals surface area contributed by atoms with Crippen LogP contribution in [0.4, 0.5) is 4.79 Å². The smallest absolute Gasteiger partial charge is 0.318 e. The lowest BCUT2D eigenvalue weighted by Gasteiger charge is -2.08. The summed E-state index contributed by atoms with van der Waals surface area (Å²) in [6, 6.07) is -0.849. The molecule has 0 bridgehead atoms. The van der Waals surface area contributed by atoms with Crippen molar-refractivity contribution in [3.8, 4) is 0 Å². The molecule has 0 aliphatic heterocycles. The molecule has 0 aromatic carbocycles. The van der Waals surface area contributed by atoms with Gasteiger partial charge in [0.05, 0.1) is 5.92 Å². The van der Waals surface area contributed by atoms with E-state index in [2.05, 4.69) is 0 Å². The van der Waals surface area contributed by atoms with Crippen molar-refractivity contribution in [2.45, 2.75) is 20.8 Å². The SMILES string of the molecule is CC1(C)C(C(=O)NC(N)=O)C1(C)CO. The lowest BCUT2D eigenvalue weighted by atomic mass is 10.00. The summed E-state index contributed by atoms with van der Waals surface area (Å²) in [6.45, 7) is 5.51. The van der Waals surface area contributed by atoms with Crippen molar-refractivity contribution in [1.29, 1.82) is 0 Å². The van der Waals surface area contributed by atoms with E-state index in [1.807, 2.05) is 26.1 Å². The van der Waals surface area contributed by atoms with Crippen molar-refractivity contribution in [3.63, 3.8) is 0 Å². The second kappa shape index (κ2) is 2.95. The van der Waals surface area contributed by atoms with Gasteiger partial charge >= 0.3 is 6.03 Å². The highest BCUT2D eigenvalue weighted by Gasteiger charge is 2.70. The zero-order chi connectivity index (χ0) is 11.1. The molecule has 1 saturated carbocycles. The molecule has 0 heterocycles. The van der Waals surface area contributed by atoms with E-state index in [-0.39, 0.29) is 17.9 Å². The molecule has 1 rings (SSSR count). The Labute approximate surface area is 82.7 Å². The van der Waals surface area contributed by atoms with Crippen LogP contribution in [0.2, 0.25) is 0 Å². The van der Waals surface area contributed by atoms with Crippen LogP contribution in [0.1, 0.15) is 20.8 Å². The van der Waals surface area contributed by atoms with E-state index in [9.17, 15) is 9.59 Å². The molecule has 2 atom stereocenters. The molecule has 5 heteroatoms. The van der Waals surface area contributed by atoms with Crippen LogP contribution in [0.5, 0.6) is 0 Å². The number of hydrogen-bond acceptors (Lipinski definition) is 3. The lowest BCUT2D eigenvalue weighted by molar-refractivity contribution is -0.122. The average molecular weight is 200 g/mol. The van der Waals surface area contributed by atoms with Crippen molar-refractivity contribution in [2.75, 3.05) is 6.61 Å². The molecule has 1 fully saturated rings. The monoisotopic (exact) mass is 200 g/mol. The highest BCUT2D eigenvalue weighted by atomic mass is 16.3. The van der Waals surface area contributed by atoms with Crippen molar-refractivity contribution < 1.29 is 14.7 Å². The van der Waals surface area contributed by atoms with Gasteiger partial charge in [-0.3, -0.25) is 10.1 Å². The number of aliphatic hydroxyl groups is 1. The third-order valence-corrected chi connectivity index (χ3v) is 3.58. The Kier molecular flexibility index (Phi) is 2.31. The maximum atomic E-state index is 11.5. The number of rotatable bonds is 2. The van der Waals surface area contributed by atoms with Gasteiger partial charge in [0, 0.05) is 12.0 Å². The third kappa shape index (κ3) is 1.28. The minimum Gasteiger partial charge on any atom is -0.396 e. The Morgan fingerprint density at radius 2 is 1.93 bits per heavy atom. The van der Waals surface area contributed by atoms with E-state index in [4.69, 9.17) is 10.8 Å². The summed E-state index contributed by atoms with van der Waals surface area (Å²) in [6.07, 6.45) is 0. The lowest BCUT2D eigenvalue weighted by Crippen LogP contribution is -2.37. The largest absolute Gasteiger partial charge is 0.396 e. The van der Waals surface area contributed by atoms with Crippen molar-refractivity contribution in [2.24, 2.45) is 22.5 Å². The molecule has 0 saturated heterocycles. The maximum absolute atomic E-state index is 11.5. The fourth-order valence-electron chi connectivity index (χ4n) is 2.18. The minimum atomic E-state index is -0.849. The highest BCUT2D eigenvalue weighted by molar-refractivity contribution is 5.97. The second-order valence-electron chi connectivity index (χ2n) is 4.58. The summed E-state index contributed by atoms with van der Waals surface area (Å²) >= 11 is 0. The Morgan fingerprint density at radius 1 is 1.43 bits per heavy atom. The summed E-state index contributed by atoms with van der Waals surface area (Å²) in [5.41, 5.74) is 4.10. The van der Waals surface area contributed by atoms with E-state index in [0.29, 0.717) is 0 Å². The number of urea groups is 1. The van der Waals surface area contributed by atoms with Gasteiger partial charge in [-0.15, -0.1) is 0 Å². The fourth-order valence-corrected chi connectivity index (χ4v) is 2.18. The molecule has 3 amide bonds. The molecule has 0 aromatic heterocycles. The van der Waals surface area contributed by atoms with Gasteiger partial charge in [-0.1, -0.05) is 20.8 Å². The Morgan fingerprint density at radius 3 is 2.21 bits per heavy atom. The molecule has 1 aliphatic rings. The second-order valence-corrected chi connectivity index (χ2v) is 4.58. The van der Waals surface area contributed by atoms with Crippen LogP contribution in [-0.2, 0) is 4.79 Å². The van der Waals surface area contributed by atoms with Gasteiger partial charge in [-0.05, 0) is 5.41 Å². The number of carbonyl (C=O) groups is 2. The first kappa shape index (κ1) is 11.0. The molecule has 0 aromatic rings. The number of carbonyl (C=O) groups excluding carboxylic acids is 2. The van der Waals surface area contributed by atoms with E-state index in [0.717, 1.165) is 0 Å². The first-order chi connectivity index (χ1) is 6.27. The van der Waals surface area contributed by atoms with E-state index < -0.39 is 17.4 Å². The molecule has 4 N–H and O–H groups in total. The van der Waals surface area contributed by atoms with Gasteiger partial charge < -0.3 is 10.8 Å². The maximum Gasteiger partial charge on any atom is 0.318 e. The zero-order valence-electron chi connectivity index (χ0n) is 8.63. The van der Waals surface area contributed by atoms with Gasteiger partial charge in [0.25, 0.3) is 0 Å². The van der Waals surface area contributed by atoms with Crippen LogP contribution >= 0.6 is 0 Å². The summed E-state index contributed by atoms with van der Waals surface area (Å²) in [5, 5.41) is 11.2. The normalized spacial score (nSPS) is 33.6. The summed E-state index contributed by atoms with van der Waals surface area (Å²) in [4.78, 5) is 22.0. The highest BCUT2D eigenvalue weighted by Crippen LogP contribution is 2.68. The molecule has 1 aliphatic carbocycles. The van der Waals surface area contributed by atoms with Crippen molar-refractivity contribution >= 4 is 11.9 Å². The molecular weight excluding hydrogens is 184 g/mol. The summed E-state index contributed by atoms with van der Waals surface area (Å²) in [5.74, 6) is -0.758. The van der Waals surface area contributed by atoms with Crippen LogP contribution < -0.4 is 11.1 Å². The number of hydrogen-bond donors (Lipinski definition) is 3. The van der Waals surface area contributed by atoms with E-state index in [1.165, 1.54) is 0 Å². The van der Waals surface area contributed by atoms with Crippen LogP contribution in [0.15, 0.2) is 0 Å². The van der Waals surface area contributed by atoms with E-state index >= 15 is 0 Å². The van der Waals surface area contributed by atoms with Gasteiger partial charge in [0.2, 0.25) is 5.91 Å². The predicted molar refractivity (Wildman–Crippen MR) is 50.2 cm³/mol. The van der Waals surface area contributed by atoms with Gasteiger partial charge in [0.1, 0.15) is 0 Å². The minimum absolute atomic E-state index is 0.0726. The standard InChI is InChI=1S/C9H16N2O3/c1-8(2)5(9(8,3)4-12)6(13)11-7(10)14/h5,12H,4H2,1-3H3,(H3,10,11,13,14). The fraction of sp³-hybridized carbons (Fsp3) is 0.778. The van der Waals surface area contributed by atoms with Gasteiger partial charge in [-0.25, -0.2) is 4.79 Å². The van der Waals surface area contributed by atoms with Crippen LogP contribution in [0, 0.1) is 16.7 Å². The summed E-state index contributed by atoms with van der Waals surface area (Å²) in [7, 11) is 0. The van der Waals surface area contributed by atoms with Gasteiger partial charge in [-0.2, -0.15) is 0 Å². The molecular formula is C9H16N2O3. The molecule has 0 radical (unpaired) electrons.